The topological polar surface area (TPSA) is 52.7 Å². The Kier molecular flexibility index (Phi) is 3.82. The van der Waals surface area contributed by atoms with E-state index in [2.05, 4.69) is 5.32 Å². The molecule has 5 heteroatoms. The highest BCUT2D eigenvalue weighted by molar-refractivity contribution is 5.89. The van der Waals surface area contributed by atoms with Gasteiger partial charge < -0.3 is 15.1 Å². The summed E-state index contributed by atoms with van der Waals surface area (Å²) in [6.07, 6.45) is 2.49. The fraction of sp³-hybridized carbons (Fsp3) is 0.500. The van der Waals surface area contributed by atoms with Gasteiger partial charge in [0, 0.05) is 31.7 Å². The molecule has 1 aromatic carbocycles. The number of anilines is 1. The second kappa shape index (κ2) is 5.76. The van der Waals surface area contributed by atoms with E-state index in [-0.39, 0.29) is 18.0 Å². The predicted molar refractivity (Wildman–Crippen MR) is 81.1 cm³/mol. The van der Waals surface area contributed by atoms with Crippen LogP contribution in [0.25, 0.3) is 0 Å². The van der Waals surface area contributed by atoms with E-state index in [0.717, 1.165) is 30.6 Å². The molecule has 0 aromatic heterocycles. The van der Waals surface area contributed by atoms with Crippen LogP contribution >= 0.6 is 0 Å². The van der Waals surface area contributed by atoms with Gasteiger partial charge in [-0.05, 0) is 37.5 Å². The van der Waals surface area contributed by atoms with E-state index in [4.69, 9.17) is 0 Å². The van der Waals surface area contributed by atoms with Gasteiger partial charge in [-0.1, -0.05) is 12.1 Å². The molecule has 0 radical (unpaired) electrons. The first kappa shape index (κ1) is 13.9. The van der Waals surface area contributed by atoms with Gasteiger partial charge >= 0.3 is 6.03 Å². The van der Waals surface area contributed by atoms with Crippen molar-refractivity contribution < 1.29 is 9.59 Å². The van der Waals surface area contributed by atoms with Gasteiger partial charge in [0.25, 0.3) is 0 Å². The van der Waals surface area contributed by atoms with Crippen LogP contribution in [-0.4, -0.2) is 47.4 Å². The molecule has 1 atom stereocenters. The van der Waals surface area contributed by atoms with Crippen molar-refractivity contribution in [2.75, 3.05) is 25.0 Å². The van der Waals surface area contributed by atoms with Gasteiger partial charge in [0.2, 0.25) is 5.91 Å². The lowest BCUT2D eigenvalue weighted by atomic mass is 10.2. The smallest absolute Gasteiger partial charge is 0.321 e. The van der Waals surface area contributed by atoms with Gasteiger partial charge in [-0.25, -0.2) is 4.79 Å². The number of benzene rings is 1. The number of likely N-dealkylation sites (tertiary alicyclic amines) is 2. The van der Waals surface area contributed by atoms with Crippen molar-refractivity contribution in [3.63, 3.8) is 0 Å². The number of urea groups is 1. The summed E-state index contributed by atoms with van der Waals surface area (Å²) in [6, 6.07) is 7.90. The van der Waals surface area contributed by atoms with E-state index >= 15 is 0 Å². The minimum atomic E-state index is -0.0743. The molecular formula is C16H21N3O2. The number of nitrogens with one attached hydrogen (secondary N) is 1. The third-order valence-corrected chi connectivity index (χ3v) is 4.27. The normalized spacial score (nSPS) is 22.0. The lowest BCUT2D eigenvalue weighted by Crippen LogP contribution is -2.40. The summed E-state index contributed by atoms with van der Waals surface area (Å²) in [5.74, 6) is 0.237. The van der Waals surface area contributed by atoms with E-state index in [1.165, 1.54) is 0 Å². The van der Waals surface area contributed by atoms with Crippen LogP contribution in [0.4, 0.5) is 10.5 Å². The van der Waals surface area contributed by atoms with E-state index in [0.29, 0.717) is 19.5 Å². The van der Waals surface area contributed by atoms with Crippen molar-refractivity contribution in [1.82, 2.24) is 9.80 Å². The molecule has 5 nitrogen and oxygen atoms in total. The number of carbonyl (C=O) groups excluding carboxylic acids is 2. The van der Waals surface area contributed by atoms with Crippen LogP contribution in [0, 0.1) is 6.92 Å². The largest absolute Gasteiger partial charge is 0.338 e. The minimum absolute atomic E-state index is 0.0743. The third kappa shape index (κ3) is 3.01. The molecule has 21 heavy (non-hydrogen) atoms. The van der Waals surface area contributed by atoms with E-state index < -0.39 is 0 Å². The average Bonchev–Trinajstić information content (AvgIpc) is 3.07. The maximum absolute atomic E-state index is 12.3. The quantitative estimate of drug-likeness (QED) is 0.907. The Bertz CT molecular complexity index is 558. The van der Waals surface area contributed by atoms with E-state index in [1.807, 2.05) is 36.1 Å². The van der Waals surface area contributed by atoms with Crippen molar-refractivity contribution in [3.05, 3.63) is 29.8 Å². The fourth-order valence-corrected chi connectivity index (χ4v) is 3.16. The number of hydrogen-bond donors (Lipinski definition) is 1. The van der Waals surface area contributed by atoms with E-state index in [1.54, 1.807) is 4.90 Å². The number of carbonyl (C=O) groups is 2. The number of rotatable bonds is 2. The first-order valence-corrected chi connectivity index (χ1v) is 7.55. The second-order valence-corrected chi connectivity index (χ2v) is 5.88. The molecule has 2 fully saturated rings. The highest BCUT2D eigenvalue weighted by Gasteiger charge is 2.34. The molecule has 0 saturated carbocycles. The molecule has 3 amide bonds. The Labute approximate surface area is 124 Å². The molecular weight excluding hydrogens is 266 g/mol. The SMILES string of the molecule is Cc1cccc(NC(=O)N2CCC(N3CCCC3=O)C2)c1. The zero-order valence-corrected chi connectivity index (χ0v) is 12.3. The van der Waals surface area contributed by atoms with Crippen LogP contribution in [0.15, 0.2) is 24.3 Å². The van der Waals surface area contributed by atoms with E-state index in [9.17, 15) is 9.59 Å². The molecule has 1 unspecified atom stereocenters. The summed E-state index contributed by atoms with van der Waals surface area (Å²) >= 11 is 0. The minimum Gasteiger partial charge on any atom is -0.338 e. The number of amides is 3. The van der Waals surface area contributed by atoms with Crippen LogP contribution < -0.4 is 5.32 Å². The van der Waals surface area contributed by atoms with Crippen LogP contribution in [0.1, 0.15) is 24.8 Å². The first-order chi connectivity index (χ1) is 10.1. The number of nitrogens with zero attached hydrogens (tertiary/aromatic N) is 2. The zero-order valence-electron chi connectivity index (χ0n) is 12.3. The van der Waals surface area contributed by atoms with Gasteiger partial charge in [0.1, 0.15) is 0 Å². The Morgan fingerprint density at radius 2 is 2.19 bits per heavy atom. The molecule has 0 bridgehead atoms. The molecule has 1 N–H and O–H groups in total. The Morgan fingerprint density at radius 1 is 1.33 bits per heavy atom. The van der Waals surface area contributed by atoms with Crippen molar-refractivity contribution >= 4 is 17.6 Å². The highest BCUT2D eigenvalue weighted by Crippen LogP contribution is 2.22. The van der Waals surface area contributed by atoms with Gasteiger partial charge in [-0.3, -0.25) is 4.79 Å². The third-order valence-electron chi connectivity index (χ3n) is 4.27. The molecule has 2 aliphatic rings. The highest BCUT2D eigenvalue weighted by atomic mass is 16.2. The molecule has 3 rings (SSSR count). The molecule has 0 aliphatic carbocycles. The van der Waals surface area contributed by atoms with Crippen LogP contribution in [0.5, 0.6) is 0 Å². The first-order valence-electron chi connectivity index (χ1n) is 7.55. The number of hydrogen-bond acceptors (Lipinski definition) is 2. The number of aryl methyl sites for hydroxylation is 1. The van der Waals surface area contributed by atoms with Crippen molar-refractivity contribution in [2.24, 2.45) is 0 Å². The zero-order chi connectivity index (χ0) is 14.8. The molecule has 112 valence electrons. The molecule has 2 heterocycles. The summed E-state index contributed by atoms with van der Waals surface area (Å²) in [4.78, 5) is 27.8. The van der Waals surface area contributed by atoms with Gasteiger partial charge in [0.05, 0.1) is 6.04 Å². The maximum Gasteiger partial charge on any atom is 0.321 e. The summed E-state index contributed by atoms with van der Waals surface area (Å²) in [7, 11) is 0. The van der Waals surface area contributed by atoms with Crippen molar-refractivity contribution in [1.29, 1.82) is 0 Å². The predicted octanol–water partition coefficient (Wildman–Crippen LogP) is 2.22. The molecule has 1 aromatic rings. The van der Waals surface area contributed by atoms with Gasteiger partial charge in [-0.15, -0.1) is 0 Å². The van der Waals surface area contributed by atoms with Crippen molar-refractivity contribution in [3.8, 4) is 0 Å². The Balaban J connectivity index is 1.58. The summed E-state index contributed by atoms with van der Waals surface area (Å²) < 4.78 is 0. The Morgan fingerprint density at radius 3 is 2.90 bits per heavy atom. The van der Waals surface area contributed by atoms with Crippen molar-refractivity contribution in [2.45, 2.75) is 32.2 Å². The molecule has 2 aliphatic heterocycles. The fourth-order valence-electron chi connectivity index (χ4n) is 3.16. The lowest BCUT2D eigenvalue weighted by Gasteiger charge is -2.24. The molecule has 0 spiro atoms. The van der Waals surface area contributed by atoms with Gasteiger partial charge in [0.15, 0.2) is 0 Å². The standard InChI is InChI=1S/C16H21N3O2/c1-12-4-2-5-13(10-12)17-16(21)18-9-7-14(11-18)19-8-3-6-15(19)20/h2,4-5,10,14H,3,6-9,11H2,1H3,(H,17,21). The second-order valence-electron chi connectivity index (χ2n) is 5.88. The molecule has 2 saturated heterocycles. The monoisotopic (exact) mass is 287 g/mol. The van der Waals surface area contributed by atoms with Crippen LogP contribution in [-0.2, 0) is 4.79 Å². The van der Waals surface area contributed by atoms with Crippen LogP contribution in [0.2, 0.25) is 0 Å². The average molecular weight is 287 g/mol. The van der Waals surface area contributed by atoms with Crippen LogP contribution in [0.3, 0.4) is 0 Å². The Hall–Kier alpha value is -2.04. The summed E-state index contributed by atoms with van der Waals surface area (Å²) in [6.45, 7) is 4.20. The summed E-state index contributed by atoms with van der Waals surface area (Å²) in [5, 5.41) is 2.93. The summed E-state index contributed by atoms with van der Waals surface area (Å²) in [5.41, 5.74) is 1.94. The lowest BCUT2D eigenvalue weighted by molar-refractivity contribution is -0.129. The maximum atomic E-state index is 12.3. The van der Waals surface area contributed by atoms with Gasteiger partial charge in [-0.2, -0.15) is 0 Å².